The first-order valence-electron chi connectivity index (χ1n) is 6.01. The van der Waals surface area contributed by atoms with Gasteiger partial charge in [-0.2, -0.15) is 0 Å². The highest BCUT2D eigenvalue weighted by Gasteiger charge is 1.96. The summed E-state index contributed by atoms with van der Waals surface area (Å²) >= 11 is 0. The molecule has 0 radical (unpaired) electrons. The van der Waals surface area contributed by atoms with Crippen LogP contribution in [-0.2, 0) is 4.79 Å². The fraction of sp³-hybridized carbons (Fsp3) is 0.769. The second-order valence-corrected chi connectivity index (χ2v) is 4.13. The van der Waals surface area contributed by atoms with Gasteiger partial charge in [0.25, 0.3) is 0 Å². The molecule has 96 valence electrons. The van der Waals surface area contributed by atoms with Crippen LogP contribution in [0.5, 0.6) is 0 Å². The second kappa shape index (κ2) is 12.2. The molecular weight excluding hydrogens is 202 g/mol. The molecule has 3 nitrogen and oxygen atoms in total. The third-order valence-corrected chi connectivity index (χ3v) is 2.19. The highest BCUT2D eigenvalue weighted by Crippen LogP contribution is 1.98. The Morgan fingerprint density at radius 3 is 2.00 bits per heavy atom. The number of hydrogen-bond acceptors (Lipinski definition) is 2. The minimum atomic E-state index is -0.900. The second-order valence-electron chi connectivity index (χ2n) is 4.13. The van der Waals surface area contributed by atoms with Gasteiger partial charge in [0.2, 0.25) is 0 Å². The van der Waals surface area contributed by atoms with Crippen molar-refractivity contribution in [2.24, 2.45) is 0 Å². The Hall–Kier alpha value is -0.830. The van der Waals surface area contributed by atoms with E-state index < -0.39 is 5.97 Å². The van der Waals surface area contributed by atoms with Crippen LogP contribution in [0.4, 0.5) is 0 Å². The van der Waals surface area contributed by atoms with Gasteiger partial charge in [0.05, 0.1) is 0 Å². The predicted octanol–water partition coefficient (Wildman–Crippen LogP) is 3.17. The maximum atomic E-state index is 9.83. The molecule has 0 aliphatic carbocycles. The molecule has 1 N–H and O–H groups in total. The molecule has 0 bridgehead atoms. The summed E-state index contributed by atoms with van der Waals surface area (Å²) in [6.45, 7) is 8.53. The highest BCUT2D eigenvalue weighted by atomic mass is 16.4. The summed E-state index contributed by atoms with van der Waals surface area (Å²) in [7, 11) is 4.26. The molecule has 0 atom stereocenters. The zero-order valence-electron chi connectivity index (χ0n) is 11.3. The van der Waals surface area contributed by atoms with Crippen molar-refractivity contribution in [2.75, 3.05) is 20.6 Å². The standard InChI is InChI=1S/C8H19N.C5H8O2/c1-4-5-6-7-8-9(2)3;1-3-4(2)5(6)7/h4-8H2,1-3H3;2-3H2,1H3,(H,6,7). The average molecular weight is 229 g/mol. The Morgan fingerprint density at radius 1 is 1.19 bits per heavy atom. The fourth-order valence-electron chi connectivity index (χ4n) is 1.01. The lowest BCUT2D eigenvalue weighted by Gasteiger charge is -2.07. The molecule has 3 heteroatoms. The summed E-state index contributed by atoms with van der Waals surface area (Å²) in [5, 5.41) is 8.08. The Morgan fingerprint density at radius 2 is 1.75 bits per heavy atom. The van der Waals surface area contributed by atoms with Gasteiger partial charge in [-0.1, -0.05) is 39.7 Å². The quantitative estimate of drug-likeness (QED) is 0.538. The molecule has 0 amide bonds. The molecule has 0 aliphatic rings. The molecule has 0 heterocycles. The van der Waals surface area contributed by atoms with Crippen LogP contribution < -0.4 is 0 Å². The summed E-state index contributed by atoms with van der Waals surface area (Å²) in [5.74, 6) is -0.900. The number of carbonyl (C=O) groups is 1. The normalized spacial score (nSPS) is 9.56. The summed E-state index contributed by atoms with van der Waals surface area (Å²) < 4.78 is 0. The maximum absolute atomic E-state index is 9.83. The number of nitrogens with zero attached hydrogens (tertiary/aromatic N) is 1. The molecule has 0 unspecified atom stereocenters. The predicted molar refractivity (Wildman–Crippen MR) is 69.8 cm³/mol. The summed E-state index contributed by atoms with van der Waals surface area (Å²) in [6.07, 6.45) is 6.02. The van der Waals surface area contributed by atoms with Crippen LogP contribution in [0.1, 0.15) is 46.0 Å². The Kier molecular flexibility index (Phi) is 13.4. The number of aliphatic carboxylic acids is 1. The van der Waals surface area contributed by atoms with Gasteiger partial charge in [-0.15, -0.1) is 0 Å². The van der Waals surface area contributed by atoms with E-state index in [0.717, 1.165) is 0 Å². The molecule has 0 saturated heterocycles. The lowest BCUT2D eigenvalue weighted by atomic mass is 10.2. The number of carboxylic acid groups (broad SMARTS) is 1. The first-order chi connectivity index (χ1) is 7.45. The Balaban J connectivity index is 0. The van der Waals surface area contributed by atoms with Crippen LogP contribution in [0, 0.1) is 0 Å². The van der Waals surface area contributed by atoms with E-state index in [0.29, 0.717) is 6.42 Å². The van der Waals surface area contributed by atoms with E-state index in [4.69, 9.17) is 5.11 Å². The molecule has 0 saturated carbocycles. The third-order valence-electron chi connectivity index (χ3n) is 2.19. The van der Waals surface area contributed by atoms with Crippen LogP contribution in [0.25, 0.3) is 0 Å². The zero-order valence-corrected chi connectivity index (χ0v) is 11.3. The van der Waals surface area contributed by atoms with E-state index in [1.54, 1.807) is 6.92 Å². The first-order valence-corrected chi connectivity index (χ1v) is 6.01. The SMILES string of the molecule is C=C(CC)C(=O)O.CCCCCCN(C)C. The molecule has 16 heavy (non-hydrogen) atoms. The van der Waals surface area contributed by atoms with Crippen molar-refractivity contribution in [2.45, 2.75) is 46.0 Å². The van der Waals surface area contributed by atoms with Gasteiger partial charge in [-0.25, -0.2) is 4.79 Å². The molecule has 0 fully saturated rings. The fourth-order valence-corrected chi connectivity index (χ4v) is 1.01. The number of hydrogen-bond donors (Lipinski definition) is 1. The molecule has 0 aromatic carbocycles. The zero-order chi connectivity index (χ0) is 13.0. The lowest BCUT2D eigenvalue weighted by Crippen LogP contribution is -2.12. The van der Waals surface area contributed by atoms with E-state index in [1.807, 2.05) is 0 Å². The topological polar surface area (TPSA) is 40.5 Å². The van der Waals surface area contributed by atoms with Crippen LogP contribution in [0.3, 0.4) is 0 Å². The van der Waals surface area contributed by atoms with Crippen molar-refractivity contribution in [1.29, 1.82) is 0 Å². The lowest BCUT2D eigenvalue weighted by molar-refractivity contribution is -0.132. The van der Waals surface area contributed by atoms with Crippen LogP contribution >= 0.6 is 0 Å². The molecule has 0 spiro atoms. The maximum Gasteiger partial charge on any atom is 0.330 e. The van der Waals surface area contributed by atoms with Crippen LogP contribution in [0.2, 0.25) is 0 Å². The largest absolute Gasteiger partial charge is 0.478 e. The van der Waals surface area contributed by atoms with Crippen molar-refractivity contribution in [3.63, 3.8) is 0 Å². The van der Waals surface area contributed by atoms with Crippen LogP contribution in [-0.4, -0.2) is 36.6 Å². The van der Waals surface area contributed by atoms with E-state index >= 15 is 0 Å². The highest BCUT2D eigenvalue weighted by molar-refractivity contribution is 5.85. The van der Waals surface area contributed by atoms with Gasteiger partial charge < -0.3 is 10.0 Å². The monoisotopic (exact) mass is 229 g/mol. The summed E-state index contributed by atoms with van der Waals surface area (Å²) in [6, 6.07) is 0. The van der Waals surface area contributed by atoms with Crippen molar-refractivity contribution >= 4 is 5.97 Å². The van der Waals surface area contributed by atoms with Crippen LogP contribution in [0.15, 0.2) is 12.2 Å². The summed E-state index contributed by atoms with van der Waals surface area (Å²) in [4.78, 5) is 12.1. The third kappa shape index (κ3) is 15.6. The Bertz CT molecular complexity index is 188. The van der Waals surface area contributed by atoms with Gasteiger partial charge in [0.15, 0.2) is 0 Å². The molecule has 0 aromatic rings. The minimum Gasteiger partial charge on any atom is -0.478 e. The van der Waals surface area contributed by atoms with Gasteiger partial charge >= 0.3 is 5.97 Å². The van der Waals surface area contributed by atoms with E-state index in [1.165, 1.54) is 32.2 Å². The smallest absolute Gasteiger partial charge is 0.330 e. The van der Waals surface area contributed by atoms with Crippen molar-refractivity contribution < 1.29 is 9.90 Å². The summed E-state index contributed by atoms with van der Waals surface area (Å²) in [5.41, 5.74) is 0.264. The minimum absolute atomic E-state index is 0.264. The van der Waals surface area contributed by atoms with E-state index in [2.05, 4.69) is 32.5 Å². The van der Waals surface area contributed by atoms with Gasteiger partial charge in [-0.05, 0) is 33.5 Å². The molecule has 0 aliphatic heterocycles. The van der Waals surface area contributed by atoms with E-state index in [9.17, 15) is 4.79 Å². The van der Waals surface area contributed by atoms with Gasteiger partial charge in [-0.3, -0.25) is 0 Å². The van der Waals surface area contributed by atoms with E-state index in [-0.39, 0.29) is 5.57 Å². The molecule has 0 aromatic heterocycles. The average Bonchev–Trinajstić information content (AvgIpc) is 2.23. The Labute approximate surface area is 100 Å². The van der Waals surface area contributed by atoms with Crippen molar-refractivity contribution in [3.8, 4) is 0 Å². The first kappa shape index (κ1) is 17.6. The van der Waals surface area contributed by atoms with Crippen molar-refractivity contribution in [1.82, 2.24) is 4.90 Å². The molecular formula is C13H27NO2. The number of carboxylic acids is 1. The molecule has 0 rings (SSSR count). The number of unbranched alkanes of at least 4 members (excludes halogenated alkanes) is 3. The number of rotatable bonds is 7. The van der Waals surface area contributed by atoms with Crippen molar-refractivity contribution in [3.05, 3.63) is 12.2 Å². The van der Waals surface area contributed by atoms with Gasteiger partial charge in [0.1, 0.15) is 0 Å². The van der Waals surface area contributed by atoms with Gasteiger partial charge in [0, 0.05) is 5.57 Å².